The van der Waals surface area contributed by atoms with E-state index in [-0.39, 0.29) is 17.9 Å². The van der Waals surface area contributed by atoms with Gasteiger partial charge in [0.05, 0.1) is 13.7 Å². The van der Waals surface area contributed by atoms with Crippen molar-refractivity contribution in [1.29, 1.82) is 0 Å². The third-order valence-electron chi connectivity index (χ3n) is 5.08. The zero-order chi connectivity index (χ0) is 21.3. The second-order valence-electron chi connectivity index (χ2n) is 6.92. The first-order valence-electron chi connectivity index (χ1n) is 9.27. The minimum Gasteiger partial charge on any atom is -0.497 e. The Bertz CT molecular complexity index is 961. The number of carbonyl (C=O) groups is 1. The lowest BCUT2D eigenvalue weighted by Crippen LogP contribution is -2.47. The molecule has 1 saturated heterocycles. The predicted octanol–water partition coefficient (Wildman–Crippen LogP) is 3.05. The number of nitrogens with one attached hydrogen (secondary N) is 2. The molecule has 0 bridgehead atoms. The quantitative estimate of drug-likeness (QED) is 0.798. The Morgan fingerprint density at radius 2 is 1.90 bits per heavy atom. The molecule has 0 saturated carbocycles. The Kier molecular flexibility index (Phi) is 5.39. The van der Waals surface area contributed by atoms with Crippen LogP contribution in [0.5, 0.6) is 5.75 Å². The van der Waals surface area contributed by atoms with Crippen LogP contribution in [0.3, 0.4) is 0 Å². The first kappa shape index (κ1) is 19.9. The first-order valence-corrected chi connectivity index (χ1v) is 9.27. The van der Waals surface area contributed by atoms with Gasteiger partial charge in [0.1, 0.15) is 35.8 Å². The highest BCUT2D eigenvalue weighted by Crippen LogP contribution is 2.35. The Morgan fingerprint density at radius 1 is 1.20 bits per heavy atom. The van der Waals surface area contributed by atoms with Gasteiger partial charge in [-0.05, 0) is 24.3 Å². The molecule has 0 radical (unpaired) electrons. The summed E-state index contributed by atoms with van der Waals surface area (Å²) < 4.78 is 47.5. The van der Waals surface area contributed by atoms with Crippen molar-refractivity contribution in [3.63, 3.8) is 0 Å². The van der Waals surface area contributed by atoms with Crippen LogP contribution in [0, 0.1) is 17.5 Å². The average Bonchev–Trinajstić information content (AvgIpc) is 3.07. The maximum absolute atomic E-state index is 14.7. The summed E-state index contributed by atoms with van der Waals surface area (Å²) in [7, 11) is 1.32. The number of oxime groups is 1. The highest BCUT2D eigenvalue weighted by molar-refractivity contribution is 5.97. The number of hydrogen-bond acceptors (Lipinski definition) is 5. The SMILES string of the molecule is COc1cc(F)c(C2CN3CCON=C3C2NC(=O)Nc2ccc(F)cc2)c(F)c1. The van der Waals surface area contributed by atoms with Gasteiger partial charge in [-0.2, -0.15) is 0 Å². The zero-order valence-corrected chi connectivity index (χ0v) is 16.0. The Balaban J connectivity index is 1.61. The first-order chi connectivity index (χ1) is 14.5. The van der Waals surface area contributed by atoms with E-state index in [2.05, 4.69) is 15.8 Å². The van der Waals surface area contributed by atoms with Crippen LogP contribution in [0.25, 0.3) is 0 Å². The zero-order valence-electron chi connectivity index (χ0n) is 16.0. The molecule has 2 unspecified atom stereocenters. The maximum atomic E-state index is 14.7. The van der Waals surface area contributed by atoms with Crippen molar-refractivity contribution in [2.24, 2.45) is 5.16 Å². The summed E-state index contributed by atoms with van der Waals surface area (Å²) in [4.78, 5) is 19.5. The van der Waals surface area contributed by atoms with E-state index in [1.54, 1.807) is 0 Å². The van der Waals surface area contributed by atoms with Crippen molar-refractivity contribution in [1.82, 2.24) is 10.2 Å². The molecule has 0 aromatic heterocycles. The smallest absolute Gasteiger partial charge is 0.319 e. The van der Waals surface area contributed by atoms with Crippen LogP contribution in [-0.4, -0.2) is 49.6 Å². The van der Waals surface area contributed by atoms with Gasteiger partial charge in [-0.15, -0.1) is 0 Å². The van der Waals surface area contributed by atoms with Crippen LogP contribution in [0.2, 0.25) is 0 Å². The number of halogens is 3. The summed E-state index contributed by atoms with van der Waals surface area (Å²) >= 11 is 0. The number of anilines is 1. The van der Waals surface area contributed by atoms with E-state index in [4.69, 9.17) is 9.57 Å². The number of rotatable bonds is 4. The molecule has 1 fully saturated rings. The third kappa shape index (κ3) is 3.85. The van der Waals surface area contributed by atoms with Crippen molar-refractivity contribution in [3.05, 3.63) is 59.4 Å². The molecular formula is C20H19F3N4O3. The molecule has 2 aromatic carbocycles. The summed E-state index contributed by atoms with van der Waals surface area (Å²) in [5.74, 6) is -2.28. The van der Waals surface area contributed by atoms with E-state index in [0.29, 0.717) is 24.7 Å². The minimum atomic E-state index is -0.830. The maximum Gasteiger partial charge on any atom is 0.319 e. The summed E-state index contributed by atoms with van der Waals surface area (Å²) in [6.45, 7) is 1.06. The fourth-order valence-electron chi connectivity index (χ4n) is 3.69. The molecule has 10 heteroatoms. The van der Waals surface area contributed by atoms with Crippen molar-refractivity contribution >= 4 is 17.6 Å². The van der Waals surface area contributed by atoms with Crippen LogP contribution in [0.4, 0.5) is 23.7 Å². The predicted molar refractivity (Wildman–Crippen MR) is 103 cm³/mol. The molecule has 0 aliphatic carbocycles. The lowest BCUT2D eigenvalue weighted by Gasteiger charge is -2.24. The van der Waals surface area contributed by atoms with Crippen molar-refractivity contribution in [3.8, 4) is 5.75 Å². The van der Waals surface area contributed by atoms with Crippen LogP contribution in [-0.2, 0) is 4.84 Å². The van der Waals surface area contributed by atoms with E-state index in [9.17, 15) is 18.0 Å². The number of carbonyl (C=O) groups excluding carboxylic acids is 1. The Labute approximate surface area is 170 Å². The number of amidine groups is 1. The normalized spacial score (nSPS) is 20.1. The minimum absolute atomic E-state index is 0.0590. The van der Waals surface area contributed by atoms with E-state index < -0.39 is 35.4 Å². The second-order valence-corrected chi connectivity index (χ2v) is 6.92. The van der Waals surface area contributed by atoms with Gasteiger partial charge in [-0.3, -0.25) is 0 Å². The van der Waals surface area contributed by atoms with Crippen molar-refractivity contribution in [2.75, 3.05) is 32.1 Å². The van der Waals surface area contributed by atoms with Crippen LogP contribution in [0.1, 0.15) is 11.5 Å². The number of urea groups is 1. The second kappa shape index (κ2) is 8.13. The van der Waals surface area contributed by atoms with E-state index in [0.717, 1.165) is 12.1 Å². The topological polar surface area (TPSA) is 75.2 Å². The average molecular weight is 420 g/mol. The molecule has 2 aromatic rings. The number of hydrogen-bond donors (Lipinski definition) is 2. The summed E-state index contributed by atoms with van der Waals surface area (Å²) in [6.07, 6.45) is 0. The van der Waals surface area contributed by atoms with Gasteiger partial charge in [-0.25, -0.2) is 18.0 Å². The molecule has 2 N–H and O–H groups in total. The molecule has 2 amide bonds. The number of nitrogens with zero attached hydrogens (tertiary/aromatic N) is 2. The summed E-state index contributed by atoms with van der Waals surface area (Å²) in [6, 6.07) is 5.96. The van der Waals surface area contributed by atoms with Crippen molar-refractivity contribution < 1.29 is 27.5 Å². The Morgan fingerprint density at radius 3 is 2.57 bits per heavy atom. The van der Waals surface area contributed by atoms with Crippen LogP contribution in [0.15, 0.2) is 41.6 Å². The van der Waals surface area contributed by atoms with Gasteiger partial charge < -0.3 is 25.1 Å². The van der Waals surface area contributed by atoms with Crippen LogP contribution < -0.4 is 15.4 Å². The fourth-order valence-corrected chi connectivity index (χ4v) is 3.69. The van der Waals surface area contributed by atoms with Gasteiger partial charge in [-0.1, -0.05) is 5.16 Å². The van der Waals surface area contributed by atoms with Crippen molar-refractivity contribution in [2.45, 2.75) is 12.0 Å². The van der Waals surface area contributed by atoms with Gasteiger partial charge in [0, 0.05) is 35.8 Å². The fraction of sp³-hybridized carbons (Fsp3) is 0.300. The molecule has 0 spiro atoms. The number of methoxy groups -OCH3 is 1. The number of fused-ring (bicyclic) bond motifs is 1. The molecule has 30 heavy (non-hydrogen) atoms. The Hall–Kier alpha value is -3.43. The molecule has 2 atom stereocenters. The molecular weight excluding hydrogens is 401 g/mol. The summed E-state index contributed by atoms with van der Waals surface area (Å²) in [5.41, 5.74) is 0.198. The highest BCUT2D eigenvalue weighted by atomic mass is 19.1. The van der Waals surface area contributed by atoms with Gasteiger partial charge in [0.25, 0.3) is 0 Å². The molecule has 2 aliphatic rings. The van der Waals surface area contributed by atoms with Gasteiger partial charge >= 0.3 is 6.03 Å². The number of amides is 2. The lowest BCUT2D eigenvalue weighted by molar-refractivity contribution is 0.106. The van der Waals surface area contributed by atoms with E-state index in [1.165, 1.54) is 31.4 Å². The standard InChI is InChI=1S/C20H19F3N4O3/c1-29-13-8-15(22)17(16(23)9-13)14-10-27-6-7-30-26-19(27)18(14)25-20(28)24-12-4-2-11(21)3-5-12/h2-5,8-9,14,18H,6-7,10H2,1H3,(H2,24,25,28). The third-order valence-corrected chi connectivity index (χ3v) is 5.08. The number of benzene rings is 2. The number of ether oxygens (including phenoxy) is 1. The van der Waals surface area contributed by atoms with E-state index in [1.807, 2.05) is 4.90 Å². The molecule has 158 valence electrons. The molecule has 2 heterocycles. The molecule has 4 rings (SSSR count). The van der Waals surface area contributed by atoms with Gasteiger partial charge in [0.2, 0.25) is 0 Å². The van der Waals surface area contributed by atoms with E-state index >= 15 is 0 Å². The largest absolute Gasteiger partial charge is 0.497 e. The lowest BCUT2D eigenvalue weighted by atomic mass is 9.92. The molecule has 2 aliphatic heterocycles. The van der Waals surface area contributed by atoms with Crippen LogP contribution >= 0.6 is 0 Å². The molecule has 7 nitrogen and oxygen atoms in total. The van der Waals surface area contributed by atoms with Gasteiger partial charge in [0.15, 0.2) is 5.84 Å². The highest BCUT2D eigenvalue weighted by Gasteiger charge is 2.44. The monoisotopic (exact) mass is 420 g/mol. The summed E-state index contributed by atoms with van der Waals surface area (Å²) in [5, 5.41) is 9.28.